The molecule has 0 aliphatic heterocycles. The highest BCUT2D eigenvalue weighted by Crippen LogP contribution is 2.18. The number of carbonyl (C=O) groups excluding carboxylic acids is 2. The van der Waals surface area contributed by atoms with Crippen LogP contribution in [-0.2, 0) is 9.59 Å². The molecule has 0 aromatic rings. The Bertz CT molecular complexity index is 246. The van der Waals surface area contributed by atoms with Crippen LogP contribution in [0.15, 0.2) is 0 Å². The van der Waals surface area contributed by atoms with Gasteiger partial charge >= 0.3 is 0 Å². The molecule has 0 radical (unpaired) electrons. The van der Waals surface area contributed by atoms with Crippen molar-refractivity contribution in [1.82, 2.24) is 10.6 Å². The Morgan fingerprint density at radius 3 is 2.43 bits per heavy atom. The van der Waals surface area contributed by atoms with Crippen LogP contribution in [0.1, 0.15) is 26.7 Å². The number of hydrogen-bond acceptors (Lipinski definition) is 3. The summed E-state index contributed by atoms with van der Waals surface area (Å²) in [7, 11) is 0. The summed E-state index contributed by atoms with van der Waals surface area (Å²) in [6.07, 6.45) is 2.12. The highest BCUT2D eigenvalue weighted by Gasteiger charge is 2.27. The first-order valence-electron chi connectivity index (χ1n) is 4.76. The van der Waals surface area contributed by atoms with Gasteiger partial charge in [0.2, 0.25) is 11.8 Å². The molecule has 80 valence electrons. The summed E-state index contributed by atoms with van der Waals surface area (Å²) in [5, 5.41) is 5.62. The molecular weight excluding hydrogens is 182 g/mol. The summed E-state index contributed by atoms with van der Waals surface area (Å²) >= 11 is 0. The first-order valence-corrected chi connectivity index (χ1v) is 4.76. The van der Waals surface area contributed by atoms with Gasteiger partial charge in [-0.1, -0.05) is 0 Å². The summed E-state index contributed by atoms with van der Waals surface area (Å²) in [5.74, 6) is -0.543. The van der Waals surface area contributed by atoms with Crippen molar-refractivity contribution in [3.63, 3.8) is 0 Å². The fraction of sp³-hybridized carbons (Fsp3) is 0.778. The molecule has 2 amide bonds. The van der Waals surface area contributed by atoms with Gasteiger partial charge in [-0.2, -0.15) is 0 Å². The zero-order chi connectivity index (χ0) is 10.8. The standard InChI is InChI=1S/C9H17N3O2/c1-9(2,8(10)14)11-5-7(13)12-6-3-4-6/h6,11H,3-5H2,1-2H3,(H2,10,14)(H,12,13). The molecule has 0 atom stereocenters. The average molecular weight is 199 g/mol. The molecule has 1 aliphatic rings. The molecule has 5 heteroatoms. The van der Waals surface area contributed by atoms with E-state index in [0.717, 1.165) is 12.8 Å². The molecule has 1 saturated carbocycles. The lowest BCUT2D eigenvalue weighted by molar-refractivity contribution is -0.124. The Labute approximate surface area is 83.4 Å². The van der Waals surface area contributed by atoms with E-state index in [1.807, 2.05) is 0 Å². The van der Waals surface area contributed by atoms with Crippen molar-refractivity contribution in [2.75, 3.05) is 6.54 Å². The van der Waals surface area contributed by atoms with E-state index in [9.17, 15) is 9.59 Å². The van der Waals surface area contributed by atoms with Crippen LogP contribution < -0.4 is 16.4 Å². The van der Waals surface area contributed by atoms with E-state index in [4.69, 9.17) is 5.73 Å². The zero-order valence-corrected chi connectivity index (χ0v) is 8.59. The average Bonchev–Trinajstić information content (AvgIpc) is 2.85. The quantitative estimate of drug-likeness (QED) is 0.537. The Morgan fingerprint density at radius 2 is 2.00 bits per heavy atom. The second kappa shape index (κ2) is 3.96. The van der Waals surface area contributed by atoms with Gasteiger partial charge < -0.3 is 11.1 Å². The third-order valence-corrected chi connectivity index (χ3v) is 2.25. The van der Waals surface area contributed by atoms with E-state index in [-0.39, 0.29) is 12.5 Å². The summed E-state index contributed by atoms with van der Waals surface area (Å²) < 4.78 is 0. The highest BCUT2D eigenvalue weighted by atomic mass is 16.2. The molecule has 14 heavy (non-hydrogen) atoms. The van der Waals surface area contributed by atoms with E-state index in [0.29, 0.717) is 6.04 Å². The van der Waals surface area contributed by atoms with Gasteiger partial charge in [-0.25, -0.2) is 0 Å². The first-order chi connectivity index (χ1) is 6.42. The zero-order valence-electron chi connectivity index (χ0n) is 8.59. The molecule has 1 rings (SSSR count). The van der Waals surface area contributed by atoms with Crippen LogP contribution in [0.3, 0.4) is 0 Å². The van der Waals surface area contributed by atoms with Crippen LogP contribution in [0, 0.1) is 0 Å². The molecule has 0 bridgehead atoms. The third-order valence-electron chi connectivity index (χ3n) is 2.25. The van der Waals surface area contributed by atoms with Crippen molar-refractivity contribution < 1.29 is 9.59 Å². The van der Waals surface area contributed by atoms with Gasteiger partial charge in [-0.15, -0.1) is 0 Å². The lowest BCUT2D eigenvalue weighted by atomic mass is 10.1. The molecule has 0 aromatic heterocycles. The Balaban J connectivity index is 2.24. The first kappa shape index (κ1) is 11.0. The van der Waals surface area contributed by atoms with Gasteiger partial charge in [-0.05, 0) is 26.7 Å². The second-order valence-corrected chi connectivity index (χ2v) is 4.18. The van der Waals surface area contributed by atoms with Gasteiger partial charge in [0.1, 0.15) is 0 Å². The minimum Gasteiger partial charge on any atom is -0.368 e. The highest BCUT2D eigenvalue weighted by molar-refractivity contribution is 5.85. The lowest BCUT2D eigenvalue weighted by Gasteiger charge is -2.21. The molecule has 1 aliphatic carbocycles. The monoisotopic (exact) mass is 199 g/mol. The summed E-state index contributed by atoms with van der Waals surface area (Å²) in [5.41, 5.74) is 4.30. The predicted molar refractivity (Wildman–Crippen MR) is 52.4 cm³/mol. The van der Waals surface area contributed by atoms with Gasteiger partial charge in [0.25, 0.3) is 0 Å². The number of rotatable bonds is 5. The molecule has 0 unspecified atom stereocenters. The maximum absolute atomic E-state index is 11.2. The summed E-state index contributed by atoms with van der Waals surface area (Å²) in [6, 6.07) is 0.348. The minimum absolute atomic E-state index is 0.0816. The van der Waals surface area contributed by atoms with Gasteiger partial charge in [0.15, 0.2) is 0 Å². The van der Waals surface area contributed by atoms with E-state index in [2.05, 4.69) is 10.6 Å². The number of carbonyl (C=O) groups is 2. The SMILES string of the molecule is CC(C)(NCC(=O)NC1CC1)C(N)=O. The molecule has 0 spiro atoms. The smallest absolute Gasteiger partial charge is 0.237 e. The normalized spacial score (nSPS) is 16.4. The van der Waals surface area contributed by atoms with Crippen molar-refractivity contribution in [3.05, 3.63) is 0 Å². The van der Waals surface area contributed by atoms with Gasteiger partial charge in [-0.3, -0.25) is 14.9 Å². The maximum Gasteiger partial charge on any atom is 0.237 e. The Hall–Kier alpha value is -1.10. The molecular formula is C9H17N3O2. The molecule has 4 N–H and O–H groups in total. The van der Waals surface area contributed by atoms with Crippen LogP contribution >= 0.6 is 0 Å². The predicted octanol–water partition coefficient (Wildman–Crippen LogP) is -0.881. The van der Waals surface area contributed by atoms with Crippen LogP contribution in [0.5, 0.6) is 0 Å². The second-order valence-electron chi connectivity index (χ2n) is 4.18. The Morgan fingerprint density at radius 1 is 1.43 bits per heavy atom. The molecule has 0 aromatic carbocycles. The fourth-order valence-corrected chi connectivity index (χ4v) is 0.895. The van der Waals surface area contributed by atoms with Crippen molar-refractivity contribution in [2.45, 2.75) is 38.3 Å². The largest absolute Gasteiger partial charge is 0.368 e. The third kappa shape index (κ3) is 3.33. The number of primary amides is 1. The van der Waals surface area contributed by atoms with Crippen molar-refractivity contribution in [2.24, 2.45) is 5.73 Å². The van der Waals surface area contributed by atoms with Crippen LogP contribution in [0.25, 0.3) is 0 Å². The summed E-state index contributed by atoms with van der Waals surface area (Å²) in [6.45, 7) is 3.44. The molecule has 5 nitrogen and oxygen atoms in total. The minimum atomic E-state index is -0.832. The van der Waals surface area contributed by atoms with Crippen LogP contribution in [-0.4, -0.2) is 29.9 Å². The van der Waals surface area contributed by atoms with Gasteiger partial charge in [0, 0.05) is 6.04 Å². The Kier molecular flexibility index (Phi) is 3.10. The molecule has 0 saturated heterocycles. The topological polar surface area (TPSA) is 84.2 Å². The van der Waals surface area contributed by atoms with E-state index < -0.39 is 11.4 Å². The number of nitrogens with one attached hydrogen (secondary N) is 2. The van der Waals surface area contributed by atoms with Crippen LogP contribution in [0.4, 0.5) is 0 Å². The van der Waals surface area contributed by atoms with Gasteiger partial charge in [0.05, 0.1) is 12.1 Å². The van der Waals surface area contributed by atoms with Crippen LogP contribution in [0.2, 0.25) is 0 Å². The number of nitrogens with two attached hydrogens (primary N) is 1. The maximum atomic E-state index is 11.2. The van der Waals surface area contributed by atoms with E-state index in [1.165, 1.54) is 0 Å². The number of hydrogen-bond donors (Lipinski definition) is 3. The lowest BCUT2D eigenvalue weighted by Crippen LogP contribution is -2.53. The van der Waals surface area contributed by atoms with Crippen molar-refractivity contribution in [3.8, 4) is 0 Å². The van der Waals surface area contributed by atoms with Crippen molar-refractivity contribution >= 4 is 11.8 Å². The molecule has 1 fully saturated rings. The fourth-order valence-electron chi connectivity index (χ4n) is 0.895. The number of amides is 2. The molecule has 0 heterocycles. The summed E-state index contributed by atoms with van der Waals surface area (Å²) in [4.78, 5) is 22.1. The van der Waals surface area contributed by atoms with Crippen molar-refractivity contribution in [1.29, 1.82) is 0 Å². The van der Waals surface area contributed by atoms with E-state index >= 15 is 0 Å². The van der Waals surface area contributed by atoms with E-state index in [1.54, 1.807) is 13.8 Å².